The Bertz CT molecular complexity index is 486. The molecule has 17 heavy (non-hydrogen) atoms. The van der Waals surface area contributed by atoms with Crippen LogP contribution in [0.15, 0.2) is 30.5 Å². The van der Waals surface area contributed by atoms with Gasteiger partial charge in [-0.3, -0.25) is 4.98 Å². The monoisotopic (exact) mass is 233 g/mol. The number of hydrogen-bond acceptors (Lipinski definition) is 5. The zero-order chi connectivity index (χ0) is 12.1. The Morgan fingerprint density at radius 3 is 2.53 bits per heavy atom. The van der Waals surface area contributed by atoms with Gasteiger partial charge in [0.2, 0.25) is 0 Å². The average molecular weight is 233 g/mol. The number of rotatable bonds is 5. The van der Waals surface area contributed by atoms with Crippen LogP contribution in [0.3, 0.4) is 0 Å². The molecule has 1 heterocycles. The first-order chi connectivity index (χ1) is 8.33. The van der Waals surface area contributed by atoms with E-state index in [-0.39, 0.29) is 19.3 Å². The van der Waals surface area contributed by atoms with Crippen molar-refractivity contribution in [1.82, 2.24) is 15.3 Å². The van der Waals surface area contributed by atoms with E-state index in [1.807, 2.05) is 24.3 Å². The number of aromatic nitrogens is 2. The third-order valence-corrected chi connectivity index (χ3v) is 2.51. The van der Waals surface area contributed by atoms with E-state index in [0.717, 1.165) is 16.7 Å². The molecule has 0 spiro atoms. The molecule has 2 rings (SSSR count). The molecule has 0 aliphatic rings. The third kappa shape index (κ3) is 2.97. The van der Waals surface area contributed by atoms with Crippen LogP contribution in [-0.2, 0) is 6.54 Å². The zero-order valence-corrected chi connectivity index (χ0v) is 9.37. The number of fused-ring (bicyclic) bond motifs is 1. The van der Waals surface area contributed by atoms with E-state index in [1.165, 1.54) is 0 Å². The maximum atomic E-state index is 8.92. The highest BCUT2D eigenvalue weighted by atomic mass is 16.3. The van der Waals surface area contributed by atoms with Crippen molar-refractivity contribution in [2.24, 2.45) is 0 Å². The summed E-state index contributed by atoms with van der Waals surface area (Å²) in [4.78, 5) is 8.71. The van der Waals surface area contributed by atoms with E-state index in [4.69, 9.17) is 10.2 Å². The summed E-state index contributed by atoms with van der Waals surface area (Å²) in [5, 5.41) is 20.8. The number of nitrogens with one attached hydrogen (secondary N) is 1. The van der Waals surface area contributed by atoms with Gasteiger partial charge in [0, 0.05) is 6.54 Å². The zero-order valence-electron chi connectivity index (χ0n) is 9.37. The van der Waals surface area contributed by atoms with Gasteiger partial charge in [-0.2, -0.15) is 0 Å². The van der Waals surface area contributed by atoms with Crippen molar-refractivity contribution in [2.75, 3.05) is 13.2 Å². The summed E-state index contributed by atoms with van der Waals surface area (Å²) in [6, 6.07) is 7.33. The fourth-order valence-corrected chi connectivity index (χ4v) is 1.52. The summed E-state index contributed by atoms with van der Waals surface area (Å²) in [7, 11) is 0. The summed E-state index contributed by atoms with van der Waals surface area (Å²) >= 11 is 0. The Morgan fingerprint density at radius 2 is 1.82 bits per heavy atom. The van der Waals surface area contributed by atoms with Crippen LogP contribution in [0.4, 0.5) is 0 Å². The smallest absolute Gasteiger partial charge is 0.0890 e. The van der Waals surface area contributed by atoms with Crippen LogP contribution < -0.4 is 5.32 Å². The van der Waals surface area contributed by atoms with Crippen molar-refractivity contribution in [1.29, 1.82) is 0 Å². The molecule has 0 saturated carbocycles. The molecule has 0 radical (unpaired) electrons. The lowest BCUT2D eigenvalue weighted by Crippen LogP contribution is -2.35. The first-order valence-electron chi connectivity index (χ1n) is 5.49. The highest BCUT2D eigenvalue weighted by molar-refractivity contribution is 5.73. The summed E-state index contributed by atoms with van der Waals surface area (Å²) in [5.41, 5.74) is 2.49. The van der Waals surface area contributed by atoms with E-state index in [0.29, 0.717) is 6.54 Å². The van der Waals surface area contributed by atoms with Crippen LogP contribution in [0.1, 0.15) is 5.69 Å². The molecule has 0 amide bonds. The molecule has 0 atom stereocenters. The predicted octanol–water partition coefficient (Wildman–Crippen LogP) is 0.0726. The first-order valence-corrected chi connectivity index (χ1v) is 5.49. The van der Waals surface area contributed by atoms with E-state index in [1.54, 1.807) is 6.20 Å². The summed E-state index contributed by atoms with van der Waals surface area (Å²) in [5.74, 6) is 0. The maximum absolute atomic E-state index is 8.92. The fourth-order valence-electron chi connectivity index (χ4n) is 1.52. The molecule has 5 heteroatoms. The van der Waals surface area contributed by atoms with Gasteiger partial charge in [0.1, 0.15) is 0 Å². The highest BCUT2D eigenvalue weighted by Crippen LogP contribution is 2.08. The molecular weight excluding hydrogens is 218 g/mol. The maximum Gasteiger partial charge on any atom is 0.0890 e. The molecule has 0 saturated heterocycles. The van der Waals surface area contributed by atoms with Gasteiger partial charge in [-0.05, 0) is 12.1 Å². The number of para-hydroxylation sites is 2. The largest absolute Gasteiger partial charge is 0.395 e. The lowest BCUT2D eigenvalue weighted by atomic mass is 10.3. The first kappa shape index (κ1) is 11.9. The average Bonchev–Trinajstić information content (AvgIpc) is 2.40. The van der Waals surface area contributed by atoms with Crippen LogP contribution in [-0.4, -0.2) is 39.4 Å². The van der Waals surface area contributed by atoms with Gasteiger partial charge >= 0.3 is 0 Å². The third-order valence-electron chi connectivity index (χ3n) is 2.51. The normalized spacial score (nSPS) is 11.2. The minimum Gasteiger partial charge on any atom is -0.395 e. The predicted molar refractivity (Wildman–Crippen MR) is 64.3 cm³/mol. The van der Waals surface area contributed by atoms with Gasteiger partial charge in [-0.25, -0.2) is 4.98 Å². The van der Waals surface area contributed by atoms with E-state index >= 15 is 0 Å². The molecule has 1 aromatic carbocycles. The molecule has 2 aromatic rings. The summed E-state index contributed by atoms with van der Waals surface area (Å²) < 4.78 is 0. The lowest BCUT2D eigenvalue weighted by Gasteiger charge is -2.12. The SMILES string of the molecule is OCC(CO)NCc1cnc2ccccc2n1. The minimum absolute atomic E-state index is 0.0997. The molecule has 3 N–H and O–H groups in total. The number of aliphatic hydroxyl groups excluding tert-OH is 2. The topological polar surface area (TPSA) is 78.3 Å². The Hall–Kier alpha value is -1.56. The van der Waals surface area contributed by atoms with Gasteiger partial charge in [0.25, 0.3) is 0 Å². The highest BCUT2D eigenvalue weighted by Gasteiger charge is 2.05. The van der Waals surface area contributed by atoms with Crippen molar-refractivity contribution >= 4 is 11.0 Å². The molecule has 5 nitrogen and oxygen atoms in total. The number of benzene rings is 1. The molecule has 1 aromatic heterocycles. The van der Waals surface area contributed by atoms with E-state index in [9.17, 15) is 0 Å². The van der Waals surface area contributed by atoms with Gasteiger partial charge in [0.15, 0.2) is 0 Å². The van der Waals surface area contributed by atoms with Crippen molar-refractivity contribution in [3.63, 3.8) is 0 Å². The Balaban J connectivity index is 2.09. The van der Waals surface area contributed by atoms with Crippen molar-refractivity contribution in [3.05, 3.63) is 36.2 Å². The lowest BCUT2D eigenvalue weighted by molar-refractivity contribution is 0.170. The molecular formula is C12H15N3O2. The fraction of sp³-hybridized carbons (Fsp3) is 0.333. The second-order valence-electron chi connectivity index (χ2n) is 3.79. The van der Waals surface area contributed by atoms with Gasteiger partial charge in [-0.1, -0.05) is 12.1 Å². The quantitative estimate of drug-likeness (QED) is 0.681. The van der Waals surface area contributed by atoms with E-state index < -0.39 is 0 Å². The van der Waals surface area contributed by atoms with Gasteiger partial charge in [0.05, 0.1) is 42.2 Å². The molecule has 0 aliphatic carbocycles. The molecule has 0 aliphatic heterocycles. The van der Waals surface area contributed by atoms with Crippen LogP contribution in [0.5, 0.6) is 0 Å². The summed E-state index contributed by atoms with van der Waals surface area (Å²) in [6.07, 6.45) is 1.70. The van der Waals surface area contributed by atoms with Gasteiger partial charge < -0.3 is 15.5 Å². The van der Waals surface area contributed by atoms with Crippen molar-refractivity contribution in [3.8, 4) is 0 Å². The number of nitrogens with zero attached hydrogens (tertiary/aromatic N) is 2. The Labute approximate surface area is 99.2 Å². The molecule has 0 unspecified atom stereocenters. The Kier molecular flexibility index (Phi) is 3.98. The van der Waals surface area contributed by atoms with Crippen LogP contribution in [0, 0.1) is 0 Å². The van der Waals surface area contributed by atoms with Gasteiger partial charge in [-0.15, -0.1) is 0 Å². The van der Waals surface area contributed by atoms with Crippen LogP contribution in [0.25, 0.3) is 11.0 Å². The number of aliphatic hydroxyl groups is 2. The molecule has 0 fully saturated rings. The van der Waals surface area contributed by atoms with Crippen molar-refractivity contribution < 1.29 is 10.2 Å². The molecule has 0 bridgehead atoms. The second-order valence-corrected chi connectivity index (χ2v) is 3.79. The Morgan fingerprint density at radius 1 is 1.12 bits per heavy atom. The van der Waals surface area contributed by atoms with Crippen molar-refractivity contribution in [2.45, 2.75) is 12.6 Å². The standard InChI is InChI=1S/C12H15N3O2/c16-7-10(8-17)13-5-9-6-14-11-3-1-2-4-12(11)15-9/h1-4,6,10,13,16-17H,5,7-8H2. The minimum atomic E-state index is -0.316. The second kappa shape index (κ2) is 5.67. The molecule has 90 valence electrons. The van der Waals surface area contributed by atoms with Crippen LogP contribution >= 0.6 is 0 Å². The number of hydrogen-bond donors (Lipinski definition) is 3. The summed E-state index contributed by atoms with van der Waals surface area (Å²) in [6.45, 7) is 0.276. The van der Waals surface area contributed by atoms with E-state index in [2.05, 4.69) is 15.3 Å². The van der Waals surface area contributed by atoms with Crippen LogP contribution in [0.2, 0.25) is 0 Å².